The molecule has 13 heteroatoms. The minimum absolute atomic E-state index is 0.0544. The number of carboxylic acid groups (broad SMARTS) is 1. The van der Waals surface area contributed by atoms with Crippen LogP contribution in [-0.2, 0) is 9.47 Å². The van der Waals surface area contributed by atoms with Crippen LogP contribution in [-0.4, -0.2) is 81.3 Å². The Morgan fingerprint density at radius 1 is 1.32 bits per heavy atom. The molecular weight excluding hydrogens is 446 g/mol. The summed E-state index contributed by atoms with van der Waals surface area (Å²) >= 11 is 0. The molecule has 2 N–H and O–H groups in total. The average Bonchev–Trinajstić information content (AvgIpc) is 3.16. The molecule has 5 rings (SSSR count). The second-order valence-electron chi connectivity index (χ2n) is 8.73. The normalized spacial score (nSPS) is 22.8. The minimum atomic E-state index is -1.26. The Morgan fingerprint density at radius 2 is 2.18 bits per heavy atom. The molecule has 3 aliphatic rings. The predicted octanol–water partition coefficient (Wildman–Crippen LogP) is 1.52. The number of carbonyl (C=O) groups excluding carboxylic acids is 1. The zero-order valence-corrected chi connectivity index (χ0v) is 18.8. The number of hydrogen-bond acceptors (Lipinski definition) is 10. The van der Waals surface area contributed by atoms with Crippen molar-refractivity contribution < 1.29 is 28.9 Å². The predicted molar refractivity (Wildman–Crippen MR) is 118 cm³/mol. The second-order valence-corrected chi connectivity index (χ2v) is 8.73. The number of carbonyl (C=O) groups is 2. The number of carboxylic acids is 1. The van der Waals surface area contributed by atoms with E-state index in [2.05, 4.69) is 30.2 Å². The van der Waals surface area contributed by atoms with Crippen molar-refractivity contribution in [3.63, 3.8) is 0 Å². The highest BCUT2D eigenvalue weighted by Crippen LogP contribution is 2.37. The zero-order valence-electron chi connectivity index (χ0n) is 18.8. The molecule has 2 bridgehead atoms. The van der Waals surface area contributed by atoms with Crippen molar-refractivity contribution in [2.45, 2.75) is 44.6 Å². The Hall–Kier alpha value is -3.58. The van der Waals surface area contributed by atoms with Gasteiger partial charge in [0.15, 0.2) is 11.6 Å². The molecule has 0 radical (unpaired) electrons. The van der Waals surface area contributed by atoms with Gasteiger partial charge in [-0.25, -0.2) is 24.5 Å². The van der Waals surface area contributed by atoms with Crippen molar-refractivity contribution in [3.05, 3.63) is 24.3 Å². The summed E-state index contributed by atoms with van der Waals surface area (Å²) in [4.78, 5) is 44.7. The lowest BCUT2D eigenvalue weighted by Crippen LogP contribution is -2.56. The molecule has 3 aliphatic heterocycles. The summed E-state index contributed by atoms with van der Waals surface area (Å²) < 4.78 is 16.9. The van der Waals surface area contributed by atoms with Gasteiger partial charge in [-0.1, -0.05) is 0 Å². The van der Waals surface area contributed by atoms with Gasteiger partial charge in [0, 0.05) is 25.4 Å². The van der Waals surface area contributed by atoms with Crippen LogP contribution in [0.25, 0.3) is 0 Å². The molecule has 2 saturated heterocycles. The zero-order chi connectivity index (χ0) is 23.9. The Kier molecular flexibility index (Phi) is 5.65. The number of ether oxygens (including phenoxy) is 3. The van der Waals surface area contributed by atoms with Crippen LogP contribution in [0.5, 0.6) is 5.88 Å². The Balaban J connectivity index is 1.32. The van der Waals surface area contributed by atoms with E-state index in [1.807, 2.05) is 13.8 Å². The molecule has 5 heterocycles. The lowest BCUT2D eigenvalue weighted by atomic mass is 10.0. The smallest absolute Gasteiger partial charge is 0.374 e. The summed E-state index contributed by atoms with van der Waals surface area (Å²) in [5.41, 5.74) is 0.621. The maximum atomic E-state index is 13.3. The first kappa shape index (κ1) is 22.2. The van der Waals surface area contributed by atoms with E-state index in [4.69, 9.17) is 14.2 Å². The summed E-state index contributed by atoms with van der Waals surface area (Å²) in [5, 5.41) is 12.0. The summed E-state index contributed by atoms with van der Waals surface area (Å²) in [5.74, 6) is -1.69. The van der Waals surface area contributed by atoms with E-state index >= 15 is 0 Å². The first-order valence-electron chi connectivity index (χ1n) is 11.0. The molecule has 13 nitrogen and oxygen atoms in total. The summed E-state index contributed by atoms with van der Waals surface area (Å²) in [6, 6.07) is 0.910. The third-order valence-corrected chi connectivity index (χ3v) is 5.82. The molecule has 0 spiro atoms. The van der Waals surface area contributed by atoms with E-state index in [0.29, 0.717) is 18.8 Å². The quantitative estimate of drug-likeness (QED) is 0.653. The standard InChI is InChI=1S/C21H25N7O6/c1-21(2)33-11-13(34-21)10-32-15-5-6-22-19(24-15)26-20(31)28-12-4-3-7-27(9-12)14-8-23-16(18(29)30)25-17(14)28/h5-6,8,12-13H,3-4,7,9-11H2,1-2H3,(H,29,30)(H,22,24,26,31)/t12-,13-/m0/s1. The van der Waals surface area contributed by atoms with Crippen molar-refractivity contribution >= 4 is 29.5 Å². The van der Waals surface area contributed by atoms with Crippen LogP contribution < -0.4 is 19.9 Å². The number of nitrogens with zero attached hydrogens (tertiary/aromatic N) is 6. The van der Waals surface area contributed by atoms with Gasteiger partial charge in [-0.3, -0.25) is 10.2 Å². The highest BCUT2D eigenvalue weighted by molar-refractivity contribution is 6.03. The van der Waals surface area contributed by atoms with E-state index in [9.17, 15) is 14.7 Å². The lowest BCUT2D eigenvalue weighted by Gasteiger charge is -2.45. The summed E-state index contributed by atoms with van der Waals surface area (Å²) in [6.07, 6.45) is 4.35. The molecule has 2 aromatic heterocycles. The van der Waals surface area contributed by atoms with Gasteiger partial charge < -0.3 is 24.2 Å². The monoisotopic (exact) mass is 471 g/mol. The van der Waals surface area contributed by atoms with Crippen LogP contribution in [0.3, 0.4) is 0 Å². The molecule has 2 amide bonds. The molecule has 2 fully saturated rings. The van der Waals surface area contributed by atoms with Crippen LogP contribution in [0.15, 0.2) is 18.5 Å². The molecule has 34 heavy (non-hydrogen) atoms. The molecule has 0 aliphatic carbocycles. The molecule has 2 aromatic rings. The number of hydrogen-bond donors (Lipinski definition) is 2. The largest absolute Gasteiger partial charge is 0.475 e. The SMILES string of the molecule is CC1(C)OC[C@H](COc2ccnc(NC(=O)N3c4nc(C(=O)O)ncc4N4CCC[C@H]3C4)n2)O1. The summed E-state index contributed by atoms with van der Waals surface area (Å²) in [7, 11) is 0. The van der Waals surface area contributed by atoms with E-state index in [1.54, 1.807) is 6.07 Å². The third kappa shape index (κ3) is 4.43. The van der Waals surface area contributed by atoms with Gasteiger partial charge in [0.25, 0.3) is 0 Å². The molecule has 2 atom stereocenters. The topological polar surface area (TPSA) is 152 Å². The molecule has 180 valence electrons. The van der Waals surface area contributed by atoms with Gasteiger partial charge in [0.1, 0.15) is 12.7 Å². The molecule has 0 saturated carbocycles. The Bertz CT molecular complexity index is 1110. The average molecular weight is 471 g/mol. The lowest BCUT2D eigenvalue weighted by molar-refractivity contribution is -0.141. The van der Waals surface area contributed by atoms with Crippen LogP contribution >= 0.6 is 0 Å². The number of piperidine rings is 1. The number of anilines is 3. The van der Waals surface area contributed by atoms with Crippen molar-refractivity contribution in [3.8, 4) is 5.88 Å². The maximum absolute atomic E-state index is 13.3. The van der Waals surface area contributed by atoms with Gasteiger partial charge in [-0.05, 0) is 26.7 Å². The fourth-order valence-corrected chi connectivity index (χ4v) is 4.35. The Labute approximate surface area is 195 Å². The highest BCUT2D eigenvalue weighted by Gasteiger charge is 2.39. The van der Waals surface area contributed by atoms with E-state index in [1.165, 1.54) is 17.3 Å². The molecule has 0 aromatic carbocycles. The minimum Gasteiger partial charge on any atom is -0.475 e. The van der Waals surface area contributed by atoms with E-state index in [0.717, 1.165) is 19.4 Å². The number of aromatic carboxylic acids is 1. The van der Waals surface area contributed by atoms with Crippen LogP contribution in [0.4, 0.5) is 22.2 Å². The number of amides is 2. The van der Waals surface area contributed by atoms with Crippen LogP contribution in [0.1, 0.15) is 37.3 Å². The Morgan fingerprint density at radius 3 is 2.94 bits per heavy atom. The maximum Gasteiger partial charge on any atom is 0.374 e. The first-order valence-corrected chi connectivity index (χ1v) is 11.0. The van der Waals surface area contributed by atoms with E-state index < -0.39 is 17.8 Å². The number of urea groups is 1. The highest BCUT2D eigenvalue weighted by atomic mass is 16.7. The van der Waals surface area contributed by atoms with E-state index in [-0.39, 0.29) is 42.2 Å². The van der Waals surface area contributed by atoms with Gasteiger partial charge in [-0.2, -0.15) is 4.98 Å². The second kappa shape index (κ2) is 8.65. The van der Waals surface area contributed by atoms with Crippen molar-refractivity contribution in [2.24, 2.45) is 0 Å². The van der Waals surface area contributed by atoms with Crippen LogP contribution in [0.2, 0.25) is 0 Å². The van der Waals surface area contributed by atoms with Gasteiger partial charge in [0.2, 0.25) is 17.7 Å². The van der Waals surface area contributed by atoms with Gasteiger partial charge in [-0.15, -0.1) is 0 Å². The van der Waals surface area contributed by atoms with Crippen molar-refractivity contribution in [2.75, 3.05) is 41.4 Å². The summed E-state index contributed by atoms with van der Waals surface area (Å²) in [6.45, 7) is 5.72. The first-order chi connectivity index (χ1) is 16.3. The molecular formula is C21H25N7O6. The number of aromatic nitrogens is 4. The van der Waals surface area contributed by atoms with Crippen LogP contribution in [0, 0.1) is 0 Å². The third-order valence-electron chi connectivity index (χ3n) is 5.82. The van der Waals surface area contributed by atoms with Crippen molar-refractivity contribution in [1.82, 2.24) is 19.9 Å². The number of rotatable bonds is 5. The van der Waals surface area contributed by atoms with Gasteiger partial charge >= 0.3 is 12.0 Å². The van der Waals surface area contributed by atoms with Gasteiger partial charge in [0.05, 0.1) is 24.5 Å². The number of nitrogens with one attached hydrogen (secondary N) is 1. The molecule has 0 unspecified atom stereocenters. The van der Waals surface area contributed by atoms with Crippen molar-refractivity contribution in [1.29, 1.82) is 0 Å². The fraction of sp³-hybridized carbons (Fsp3) is 0.524. The fourth-order valence-electron chi connectivity index (χ4n) is 4.35. The number of fused-ring (bicyclic) bond motifs is 4.